The number of likely N-dealkylation sites (tertiary alicyclic amines) is 1. The van der Waals surface area contributed by atoms with Crippen LogP contribution in [0.1, 0.15) is 55.7 Å². The lowest BCUT2D eigenvalue weighted by atomic mass is 9.90. The summed E-state index contributed by atoms with van der Waals surface area (Å²) < 4.78 is 5.69. The fourth-order valence-electron chi connectivity index (χ4n) is 3.48. The van der Waals surface area contributed by atoms with Crippen LogP contribution in [0.25, 0.3) is 0 Å². The Hall–Kier alpha value is -1.42. The van der Waals surface area contributed by atoms with Gasteiger partial charge in [0.15, 0.2) is 0 Å². The fourth-order valence-corrected chi connectivity index (χ4v) is 3.48. The monoisotopic (exact) mass is 302 g/mol. The topological polar surface area (TPSA) is 42.4 Å². The molecular formula is C18H26N2O2. The molecule has 0 bridgehead atoms. The lowest BCUT2D eigenvalue weighted by Crippen LogP contribution is -2.40. The first-order chi connectivity index (χ1) is 10.7. The Labute approximate surface area is 132 Å². The molecule has 2 saturated heterocycles. The van der Waals surface area contributed by atoms with Gasteiger partial charge in [-0.1, -0.05) is 6.07 Å². The van der Waals surface area contributed by atoms with Crippen molar-refractivity contribution in [2.75, 3.05) is 19.7 Å². The van der Waals surface area contributed by atoms with Crippen molar-refractivity contribution in [3.8, 4) is 0 Å². The van der Waals surface area contributed by atoms with Crippen molar-refractivity contribution < 1.29 is 9.53 Å². The molecule has 3 rings (SSSR count). The van der Waals surface area contributed by atoms with E-state index in [2.05, 4.69) is 17.1 Å². The molecular weight excluding hydrogens is 276 g/mol. The molecule has 0 N–H and O–H groups in total. The molecule has 0 aliphatic carbocycles. The zero-order valence-corrected chi connectivity index (χ0v) is 13.5. The van der Waals surface area contributed by atoms with Gasteiger partial charge in [-0.05, 0) is 56.6 Å². The molecule has 1 aromatic heterocycles. The summed E-state index contributed by atoms with van der Waals surface area (Å²) in [6.45, 7) is 4.56. The van der Waals surface area contributed by atoms with E-state index in [-0.39, 0.29) is 12.0 Å². The average molecular weight is 302 g/mol. The van der Waals surface area contributed by atoms with Crippen LogP contribution in [0, 0.1) is 6.92 Å². The van der Waals surface area contributed by atoms with Gasteiger partial charge in [0, 0.05) is 31.6 Å². The number of ether oxygens (including phenoxy) is 1. The van der Waals surface area contributed by atoms with Crippen molar-refractivity contribution in [3.63, 3.8) is 0 Å². The third-order valence-electron chi connectivity index (χ3n) is 4.93. The molecule has 22 heavy (non-hydrogen) atoms. The Bertz CT molecular complexity index is 486. The lowest BCUT2D eigenvalue weighted by Gasteiger charge is -2.33. The minimum absolute atomic E-state index is 0.153. The van der Waals surface area contributed by atoms with Crippen LogP contribution in [0.15, 0.2) is 18.3 Å². The number of piperidine rings is 1. The molecule has 1 aromatic rings. The van der Waals surface area contributed by atoms with Crippen molar-refractivity contribution >= 4 is 5.91 Å². The first-order valence-electron chi connectivity index (χ1n) is 8.54. The molecule has 2 aliphatic rings. The number of hydrogen-bond donors (Lipinski definition) is 0. The van der Waals surface area contributed by atoms with Gasteiger partial charge in [0.1, 0.15) is 0 Å². The Morgan fingerprint density at radius 1 is 1.27 bits per heavy atom. The molecule has 4 heteroatoms. The average Bonchev–Trinajstić information content (AvgIpc) is 2.57. The predicted octanol–water partition coefficient (Wildman–Crippen LogP) is 3.06. The van der Waals surface area contributed by atoms with Gasteiger partial charge in [-0.3, -0.25) is 9.78 Å². The third kappa shape index (κ3) is 3.86. The van der Waals surface area contributed by atoms with Crippen molar-refractivity contribution in [3.05, 3.63) is 29.6 Å². The molecule has 2 aliphatic heterocycles. The Morgan fingerprint density at radius 3 is 2.73 bits per heavy atom. The number of amides is 1. The molecule has 0 radical (unpaired) electrons. The first kappa shape index (κ1) is 15.5. The summed E-state index contributed by atoms with van der Waals surface area (Å²) in [6.07, 6.45) is 8.17. The van der Waals surface area contributed by atoms with Crippen LogP contribution in [0.4, 0.5) is 0 Å². The van der Waals surface area contributed by atoms with Crippen molar-refractivity contribution in [1.29, 1.82) is 0 Å². The maximum atomic E-state index is 12.4. The molecule has 1 atom stereocenters. The summed E-state index contributed by atoms with van der Waals surface area (Å²) in [7, 11) is 0. The second kappa shape index (κ2) is 7.23. The van der Waals surface area contributed by atoms with E-state index in [0.717, 1.165) is 51.1 Å². The molecule has 0 saturated carbocycles. The lowest BCUT2D eigenvalue weighted by molar-refractivity contribution is -0.136. The van der Waals surface area contributed by atoms with Gasteiger partial charge in [-0.25, -0.2) is 0 Å². The Kier molecular flexibility index (Phi) is 5.08. The zero-order valence-electron chi connectivity index (χ0n) is 13.5. The summed E-state index contributed by atoms with van der Waals surface area (Å²) >= 11 is 0. The molecule has 0 spiro atoms. The fraction of sp³-hybridized carbons (Fsp3) is 0.667. The second-order valence-electron chi connectivity index (χ2n) is 6.58. The Balaban J connectivity index is 1.48. The highest BCUT2D eigenvalue weighted by molar-refractivity contribution is 5.76. The normalized spacial score (nSPS) is 23.5. The van der Waals surface area contributed by atoms with Gasteiger partial charge in [-0.2, -0.15) is 0 Å². The van der Waals surface area contributed by atoms with Gasteiger partial charge in [-0.15, -0.1) is 0 Å². The van der Waals surface area contributed by atoms with Crippen molar-refractivity contribution in [2.45, 2.75) is 57.5 Å². The number of nitrogens with zero attached hydrogens (tertiary/aromatic N) is 2. The van der Waals surface area contributed by atoms with E-state index in [0.29, 0.717) is 12.3 Å². The standard InChI is InChI=1S/C18H26N2O2/c1-14-5-6-16(13-19-14)15-7-9-20(10-8-15)18(21)12-17-4-2-3-11-22-17/h5-6,13,15,17H,2-4,7-12H2,1H3. The Morgan fingerprint density at radius 2 is 2.09 bits per heavy atom. The quantitative estimate of drug-likeness (QED) is 0.862. The number of rotatable bonds is 3. The SMILES string of the molecule is Cc1ccc(C2CCN(C(=O)CC3CCCCO3)CC2)cn1. The van der Waals surface area contributed by atoms with E-state index in [9.17, 15) is 4.79 Å². The van der Waals surface area contributed by atoms with Crippen LogP contribution >= 0.6 is 0 Å². The molecule has 0 aromatic carbocycles. The smallest absolute Gasteiger partial charge is 0.225 e. The summed E-state index contributed by atoms with van der Waals surface area (Å²) in [5.74, 6) is 0.815. The highest BCUT2D eigenvalue weighted by Crippen LogP contribution is 2.28. The van der Waals surface area contributed by atoms with Crippen molar-refractivity contribution in [1.82, 2.24) is 9.88 Å². The van der Waals surface area contributed by atoms with Crippen molar-refractivity contribution in [2.24, 2.45) is 0 Å². The maximum absolute atomic E-state index is 12.4. The summed E-state index contributed by atoms with van der Waals surface area (Å²) in [5.41, 5.74) is 2.37. The van der Waals surface area contributed by atoms with Crippen LogP contribution < -0.4 is 0 Å². The number of carbonyl (C=O) groups is 1. The highest BCUT2D eigenvalue weighted by Gasteiger charge is 2.26. The predicted molar refractivity (Wildman–Crippen MR) is 85.7 cm³/mol. The molecule has 1 unspecified atom stereocenters. The van der Waals surface area contributed by atoms with Gasteiger partial charge >= 0.3 is 0 Å². The highest BCUT2D eigenvalue weighted by atomic mass is 16.5. The third-order valence-corrected chi connectivity index (χ3v) is 4.93. The van der Waals surface area contributed by atoms with E-state index < -0.39 is 0 Å². The second-order valence-corrected chi connectivity index (χ2v) is 6.58. The minimum atomic E-state index is 0.153. The number of pyridine rings is 1. The summed E-state index contributed by atoms with van der Waals surface area (Å²) in [4.78, 5) is 18.8. The first-order valence-corrected chi connectivity index (χ1v) is 8.54. The molecule has 3 heterocycles. The molecule has 120 valence electrons. The molecule has 2 fully saturated rings. The summed E-state index contributed by atoms with van der Waals surface area (Å²) in [5, 5.41) is 0. The van der Waals surface area contributed by atoms with Crippen LogP contribution in [0.3, 0.4) is 0 Å². The van der Waals surface area contributed by atoms with Gasteiger partial charge < -0.3 is 9.64 Å². The summed E-state index contributed by atoms with van der Waals surface area (Å²) in [6, 6.07) is 4.26. The number of aryl methyl sites for hydroxylation is 1. The van der Waals surface area contributed by atoms with E-state index in [1.165, 1.54) is 12.0 Å². The molecule has 4 nitrogen and oxygen atoms in total. The largest absolute Gasteiger partial charge is 0.378 e. The molecule has 1 amide bonds. The van der Waals surface area contributed by atoms with Crippen LogP contribution in [0.5, 0.6) is 0 Å². The minimum Gasteiger partial charge on any atom is -0.378 e. The van der Waals surface area contributed by atoms with Gasteiger partial charge in [0.2, 0.25) is 5.91 Å². The van der Waals surface area contributed by atoms with Crippen LogP contribution in [-0.4, -0.2) is 41.6 Å². The number of hydrogen-bond acceptors (Lipinski definition) is 3. The van der Waals surface area contributed by atoms with E-state index >= 15 is 0 Å². The van der Waals surface area contributed by atoms with E-state index in [4.69, 9.17) is 4.74 Å². The maximum Gasteiger partial charge on any atom is 0.225 e. The van der Waals surface area contributed by atoms with Crippen LogP contribution in [0.2, 0.25) is 0 Å². The number of aromatic nitrogens is 1. The number of carbonyl (C=O) groups excluding carboxylic acids is 1. The van der Waals surface area contributed by atoms with E-state index in [1.807, 2.05) is 18.0 Å². The van der Waals surface area contributed by atoms with Gasteiger partial charge in [0.25, 0.3) is 0 Å². The van der Waals surface area contributed by atoms with Crippen LogP contribution in [-0.2, 0) is 9.53 Å². The van der Waals surface area contributed by atoms with Gasteiger partial charge in [0.05, 0.1) is 12.5 Å². The van der Waals surface area contributed by atoms with E-state index in [1.54, 1.807) is 0 Å². The zero-order chi connectivity index (χ0) is 15.4.